The van der Waals surface area contributed by atoms with Gasteiger partial charge < -0.3 is 10.1 Å². The van der Waals surface area contributed by atoms with Crippen molar-refractivity contribution in [3.8, 4) is 0 Å². The summed E-state index contributed by atoms with van der Waals surface area (Å²) in [4.78, 5) is 8.51. The number of hydrogen-bond acceptors (Lipinski definition) is 4. The number of halogens is 1. The Labute approximate surface area is 126 Å². The van der Waals surface area contributed by atoms with Gasteiger partial charge >= 0.3 is 0 Å². The summed E-state index contributed by atoms with van der Waals surface area (Å²) in [6.45, 7) is 3.69. The number of aromatic nitrogens is 2. The highest BCUT2D eigenvalue weighted by Crippen LogP contribution is 2.30. The molecule has 20 heavy (non-hydrogen) atoms. The molecule has 1 aromatic rings. The number of nitrogens with zero attached hydrogens (tertiary/aromatic N) is 2. The van der Waals surface area contributed by atoms with Gasteiger partial charge in [0.25, 0.3) is 0 Å². The van der Waals surface area contributed by atoms with Crippen LogP contribution in [0.5, 0.6) is 0 Å². The quantitative estimate of drug-likeness (QED) is 0.809. The summed E-state index contributed by atoms with van der Waals surface area (Å²) >= 11 is 5.99. The largest absolute Gasteiger partial charge is 0.377 e. The molecule has 1 aliphatic carbocycles. The third-order valence-corrected chi connectivity index (χ3v) is 4.11. The molecule has 0 radical (unpaired) electrons. The Morgan fingerprint density at radius 2 is 2.25 bits per heavy atom. The van der Waals surface area contributed by atoms with E-state index in [0.717, 1.165) is 24.2 Å². The lowest BCUT2D eigenvalue weighted by Crippen LogP contribution is -2.17. The van der Waals surface area contributed by atoms with Crippen molar-refractivity contribution in [3.63, 3.8) is 0 Å². The molecule has 112 valence electrons. The summed E-state index contributed by atoms with van der Waals surface area (Å²) < 4.78 is 5.04. The van der Waals surface area contributed by atoms with Gasteiger partial charge in [-0.2, -0.15) is 0 Å². The van der Waals surface area contributed by atoms with Crippen molar-refractivity contribution in [2.75, 3.05) is 19.0 Å². The van der Waals surface area contributed by atoms with Crippen LogP contribution in [-0.4, -0.2) is 23.6 Å². The van der Waals surface area contributed by atoms with E-state index >= 15 is 0 Å². The third kappa shape index (κ3) is 4.91. The molecule has 0 saturated heterocycles. The van der Waals surface area contributed by atoms with E-state index in [1.165, 1.54) is 32.1 Å². The average molecular weight is 298 g/mol. The van der Waals surface area contributed by atoms with Crippen LogP contribution in [0.3, 0.4) is 0 Å². The molecule has 1 heterocycles. The molecule has 1 saturated carbocycles. The van der Waals surface area contributed by atoms with Crippen molar-refractivity contribution >= 4 is 17.4 Å². The highest BCUT2D eigenvalue weighted by Gasteiger charge is 2.18. The number of ether oxygens (including phenoxy) is 1. The molecule has 1 aliphatic rings. The molecule has 0 bridgehead atoms. The van der Waals surface area contributed by atoms with Crippen molar-refractivity contribution in [3.05, 3.63) is 17.0 Å². The summed E-state index contributed by atoms with van der Waals surface area (Å²) in [5, 5.41) is 3.81. The second kappa shape index (κ2) is 7.79. The standard InChI is InChI=1S/C15H24ClN3O/c1-11-4-3-5-12(8-11)6-7-17-14-9-13(16)18-15(19-14)10-20-2/h9,11-12H,3-8,10H2,1-2H3,(H,17,18,19). The minimum absolute atomic E-state index is 0.384. The monoisotopic (exact) mass is 297 g/mol. The highest BCUT2D eigenvalue weighted by atomic mass is 35.5. The number of rotatable bonds is 6. The Morgan fingerprint density at radius 1 is 1.40 bits per heavy atom. The van der Waals surface area contributed by atoms with E-state index in [4.69, 9.17) is 16.3 Å². The lowest BCUT2D eigenvalue weighted by molar-refractivity contribution is 0.178. The van der Waals surface area contributed by atoms with Gasteiger partial charge in [0.1, 0.15) is 17.6 Å². The van der Waals surface area contributed by atoms with Crippen LogP contribution in [0.2, 0.25) is 5.15 Å². The Balaban J connectivity index is 1.81. The molecule has 0 aliphatic heterocycles. The van der Waals surface area contributed by atoms with Gasteiger partial charge in [0.05, 0.1) is 0 Å². The van der Waals surface area contributed by atoms with Gasteiger partial charge in [-0.25, -0.2) is 9.97 Å². The van der Waals surface area contributed by atoms with E-state index in [1.54, 1.807) is 13.2 Å². The molecule has 2 rings (SSSR count). The van der Waals surface area contributed by atoms with Crippen LogP contribution in [0.15, 0.2) is 6.07 Å². The first-order valence-electron chi connectivity index (χ1n) is 7.43. The van der Waals surface area contributed by atoms with Crippen LogP contribution in [0.1, 0.15) is 44.9 Å². The topological polar surface area (TPSA) is 47.0 Å². The molecule has 1 N–H and O–H groups in total. The van der Waals surface area contributed by atoms with Crippen LogP contribution in [0.4, 0.5) is 5.82 Å². The lowest BCUT2D eigenvalue weighted by Gasteiger charge is -2.26. The first-order chi connectivity index (χ1) is 9.67. The van der Waals surface area contributed by atoms with Crippen LogP contribution in [0, 0.1) is 11.8 Å². The summed E-state index contributed by atoms with van der Waals surface area (Å²) in [6, 6.07) is 1.77. The molecular weight excluding hydrogens is 274 g/mol. The first-order valence-corrected chi connectivity index (χ1v) is 7.81. The Morgan fingerprint density at radius 3 is 3.00 bits per heavy atom. The second-order valence-electron chi connectivity index (χ2n) is 5.78. The summed E-state index contributed by atoms with van der Waals surface area (Å²) in [5.41, 5.74) is 0. The van der Waals surface area contributed by atoms with Crippen LogP contribution in [0.25, 0.3) is 0 Å². The van der Waals surface area contributed by atoms with Gasteiger partial charge in [-0.15, -0.1) is 0 Å². The normalized spacial score (nSPS) is 22.8. The fourth-order valence-corrected chi connectivity index (χ4v) is 3.18. The first kappa shape index (κ1) is 15.5. The summed E-state index contributed by atoms with van der Waals surface area (Å²) in [7, 11) is 1.63. The van der Waals surface area contributed by atoms with Crippen molar-refractivity contribution in [1.29, 1.82) is 0 Å². The average Bonchev–Trinajstić information content (AvgIpc) is 2.38. The fraction of sp³-hybridized carbons (Fsp3) is 0.733. The summed E-state index contributed by atoms with van der Waals surface area (Å²) in [6.07, 6.45) is 6.70. The van der Waals surface area contributed by atoms with Gasteiger partial charge in [0, 0.05) is 19.7 Å². The molecule has 1 fully saturated rings. The zero-order chi connectivity index (χ0) is 14.4. The van der Waals surface area contributed by atoms with Crippen molar-refractivity contribution in [2.24, 2.45) is 11.8 Å². The molecule has 0 amide bonds. The maximum absolute atomic E-state index is 5.99. The fourth-order valence-electron chi connectivity index (χ4n) is 2.98. The van der Waals surface area contributed by atoms with E-state index in [2.05, 4.69) is 22.2 Å². The SMILES string of the molecule is COCc1nc(Cl)cc(NCCC2CCCC(C)C2)n1. The van der Waals surface area contributed by atoms with E-state index in [1.807, 2.05) is 0 Å². The highest BCUT2D eigenvalue weighted by molar-refractivity contribution is 6.29. The molecule has 2 atom stereocenters. The zero-order valence-electron chi connectivity index (χ0n) is 12.4. The molecule has 2 unspecified atom stereocenters. The van der Waals surface area contributed by atoms with Gasteiger partial charge in [-0.1, -0.05) is 37.8 Å². The van der Waals surface area contributed by atoms with E-state index in [-0.39, 0.29) is 0 Å². The third-order valence-electron chi connectivity index (χ3n) is 3.92. The van der Waals surface area contributed by atoms with Crippen LogP contribution < -0.4 is 5.32 Å². The molecular formula is C15H24ClN3O. The molecule has 5 heteroatoms. The van der Waals surface area contributed by atoms with E-state index in [9.17, 15) is 0 Å². The van der Waals surface area contributed by atoms with Crippen LogP contribution >= 0.6 is 11.6 Å². The Hall–Kier alpha value is -0.870. The van der Waals surface area contributed by atoms with Crippen LogP contribution in [-0.2, 0) is 11.3 Å². The van der Waals surface area contributed by atoms with Crippen molar-refractivity contribution in [1.82, 2.24) is 9.97 Å². The van der Waals surface area contributed by atoms with Gasteiger partial charge in [0.2, 0.25) is 0 Å². The number of nitrogens with one attached hydrogen (secondary N) is 1. The second-order valence-corrected chi connectivity index (χ2v) is 6.17. The number of methoxy groups -OCH3 is 1. The lowest BCUT2D eigenvalue weighted by atomic mass is 9.81. The smallest absolute Gasteiger partial charge is 0.158 e. The van der Waals surface area contributed by atoms with E-state index in [0.29, 0.717) is 17.6 Å². The number of hydrogen-bond donors (Lipinski definition) is 1. The molecule has 0 spiro atoms. The summed E-state index contributed by atoms with van der Waals surface area (Å²) in [5.74, 6) is 3.15. The minimum atomic E-state index is 0.384. The van der Waals surface area contributed by atoms with Crippen molar-refractivity contribution in [2.45, 2.75) is 45.6 Å². The predicted octanol–water partition coefficient (Wildman–Crippen LogP) is 3.90. The molecule has 1 aromatic heterocycles. The Bertz CT molecular complexity index is 428. The molecule has 0 aromatic carbocycles. The van der Waals surface area contributed by atoms with E-state index < -0.39 is 0 Å². The van der Waals surface area contributed by atoms with Gasteiger partial charge in [-0.3, -0.25) is 0 Å². The zero-order valence-corrected chi connectivity index (χ0v) is 13.1. The predicted molar refractivity (Wildman–Crippen MR) is 82.0 cm³/mol. The maximum atomic E-state index is 5.99. The maximum Gasteiger partial charge on any atom is 0.158 e. The number of anilines is 1. The van der Waals surface area contributed by atoms with Gasteiger partial charge in [0.15, 0.2) is 5.82 Å². The minimum Gasteiger partial charge on any atom is -0.377 e. The Kier molecular flexibility index (Phi) is 6.05. The molecule has 4 nitrogen and oxygen atoms in total. The van der Waals surface area contributed by atoms with Crippen molar-refractivity contribution < 1.29 is 4.74 Å². The van der Waals surface area contributed by atoms with Gasteiger partial charge in [-0.05, 0) is 24.7 Å².